The quantitative estimate of drug-likeness (QED) is 0.850. The Morgan fingerprint density at radius 2 is 2.32 bits per heavy atom. The Labute approximate surface area is 124 Å². The minimum Gasteiger partial charge on any atom is -0.461 e. The van der Waals surface area contributed by atoms with E-state index in [1.165, 1.54) is 11.3 Å². The molecule has 4 nitrogen and oxygen atoms in total. The van der Waals surface area contributed by atoms with Crippen molar-refractivity contribution in [3.63, 3.8) is 0 Å². The summed E-state index contributed by atoms with van der Waals surface area (Å²) < 4.78 is 5.91. The van der Waals surface area contributed by atoms with E-state index in [1.807, 2.05) is 25.1 Å². The molecule has 0 unspecified atom stereocenters. The van der Waals surface area contributed by atoms with Gasteiger partial charge in [-0.15, -0.1) is 11.3 Å². The molecule has 0 atom stereocenters. The highest BCUT2D eigenvalue weighted by molar-refractivity contribution is 9.10. The zero-order chi connectivity index (χ0) is 13.8. The molecule has 1 N–H and O–H groups in total. The van der Waals surface area contributed by atoms with Gasteiger partial charge in [0.15, 0.2) is 5.69 Å². The van der Waals surface area contributed by atoms with Crippen molar-refractivity contribution in [2.24, 2.45) is 0 Å². The predicted octanol–water partition coefficient (Wildman–Crippen LogP) is 4.13. The van der Waals surface area contributed by atoms with Gasteiger partial charge in [-0.25, -0.2) is 9.78 Å². The van der Waals surface area contributed by atoms with Crippen molar-refractivity contribution in [1.29, 1.82) is 0 Å². The van der Waals surface area contributed by atoms with Crippen LogP contribution in [-0.2, 0) is 4.74 Å². The third-order valence-electron chi connectivity index (χ3n) is 2.41. The summed E-state index contributed by atoms with van der Waals surface area (Å²) in [6, 6.07) is 5.96. The molecule has 100 valence electrons. The summed E-state index contributed by atoms with van der Waals surface area (Å²) >= 11 is 4.86. The van der Waals surface area contributed by atoms with Crippen LogP contribution in [0.2, 0.25) is 0 Å². The number of aromatic nitrogens is 1. The fourth-order valence-corrected chi connectivity index (χ4v) is 2.80. The van der Waals surface area contributed by atoms with Crippen molar-refractivity contribution in [2.45, 2.75) is 13.8 Å². The first-order chi connectivity index (χ1) is 9.11. The van der Waals surface area contributed by atoms with Gasteiger partial charge in [0.1, 0.15) is 5.00 Å². The normalized spacial score (nSPS) is 10.3. The first kappa shape index (κ1) is 14.0. The molecule has 0 amide bonds. The Hall–Kier alpha value is -1.40. The van der Waals surface area contributed by atoms with E-state index in [-0.39, 0.29) is 0 Å². The van der Waals surface area contributed by atoms with Crippen LogP contribution in [0, 0.1) is 6.92 Å². The van der Waals surface area contributed by atoms with Gasteiger partial charge in [-0.2, -0.15) is 0 Å². The molecule has 1 aromatic heterocycles. The SMILES string of the molecule is CCOC(=O)c1ncsc1Nc1ccc(C)cc1Br. The molecule has 0 radical (unpaired) electrons. The maximum Gasteiger partial charge on any atom is 0.360 e. The average Bonchev–Trinajstić information content (AvgIpc) is 2.81. The molecule has 0 aliphatic rings. The number of anilines is 2. The van der Waals surface area contributed by atoms with Gasteiger partial charge in [-0.05, 0) is 47.5 Å². The van der Waals surface area contributed by atoms with Crippen LogP contribution in [0.15, 0.2) is 28.2 Å². The number of nitrogens with one attached hydrogen (secondary N) is 1. The highest BCUT2D eigenvalue weighted by Crippen LogP contribution is 2.30. The standard InChI is InChI=1S/C13H13BrN2O2S/c1-3-18-13(17)11-12(19-7-15-11)16-10-5-4-8(2)6-9(10)14/h4-7,16H,3H2,1-2H3. The third-order valence-corrected chi connectivity index (χ3v) is 3.81. The van der Waals surface area contributed by atoms with Crippen LogP contribution in [0.5, 0.6) is 0 Å². The third kappa shape index (κ3) is 3.33. The van der Waals surface area contributed by atoms with Crippen LogP contribution in [0.25, 0.3) is 0 Å². The second-order valence-corrected chi connectivity index (χ2v) is 5.57. The van der Waals surface area contributed by atoms with Gasteiger partial charge in [0.05, 0.1) is 17.8 Å². The Kier molecular flexibility index (Phi) is 4.55. The van der Waals surface area contributed by atoms with E-state index in [4.69, 9.17) is 4.74 Å². The molecule has 0 saturated carbocycles. The maximum absolute atomic E-state index is 11.7. The number of nitrogens with zero attached hydrogens (tertiary/aromatic N) is 1. The fourth-order valence-electron chi connectivity index (χ4n) is 1.52. The number of benzene rings is 1. The molecule has 2 aromatic rings. The van der Waals surface area contributed by atoms with Crippen molar-refractivity contribution in [3.8, 4) is 0 Å². The van der Waals surface area contributed by atoms with E-state index in [9.17, 15) is 4.79 Å². The van der Waals surface area contributed by atoms with E-state index in [0.717, 1.165) is 15.7 Å². The molecule has 2 rings (SSSR count). The molecule has 0 aliphatic carbocycles. The zero-order valence-electron chi connectivity index (χ0n) is 10.6. The largest absolute Gasteiger partial charge is 0.461 e. The van der Waals surface area contributed by atoms with Crippen LogP contribution in [-0.4, -0.2) is 17.6 Å². The van der Waals surface area contributed by atoms with Crippen LogP contribution >= 0.6 is 27.3 Å². The van der Waals surface area contributed by atoms with Crippen LogP contribution < -0.4 is 5.32 Å². The molecule has 1 aromatic carbocycles. The molecule has 1 heterocycles. The molecular formula is C13H13BrN2O2S. The molecule has 0 bridgehead atoms. The van der Waals surface area contributed by atoms with Gasteiger partial charge >= 0.3 is 5.97 Å². The van der Waals surface area contributed by atoms with Crippen molar-refractivity contribution < 1.29 is 9.53 Å². The Bertz CT molecular complexity index is 598. The lowest BCUT2D eigenvalue weighted by Gasteiger charge is -2.08. The van der Waals surface area contributed by atoms with Crippen LogP contribution in [0.4, 0.5) is 10.7 Å². The number of hydrogen-bond acceptors (Lipinski definition) is 5. The fraction of sp³-hybridized carbons (Fsp3) is 0.231. The second-order valence-electron chi connectivity index (χ2n) is 3.86. The summed E-state index contributed by atoms with van der Waals surface area (Å²) in [5.41, 5.74) is 3.99. The molecule has 0 aliphatic heterocycles. The molecule has 0 spiro atoms. The topological polar surface area (TPSA) is 51.2 Å². The highest BCUT2D eigenvalue weighted by atomic mass is 79.9. The summed E-state index contributed by atoms with van der Waals surface area (Å²) in [6.45, 7) is 4.13. The van der Waals surface area contributed by atoms with Crippen molar-refractivity contribution in [3.05, 3.63) is 39.4 Å². The molecule has 0 fully saturated rings. The Morgan fingerprint density at radius 3 is 3.00 bits per heavy atom. The average molecular weight is 341 g/mol. The van der Waals surface area contributed by atoms with Crippen LogP contribution in [0.1, 0.15) is 23.0 Å². The van der Waals surface area contributed by atoms with Crippen LogP contribution in [0.3, 0.4) is 0 Å². The number of carbonyl (C=O) groups is 1. The molecule has 19 heavy (non-hydrogen) atoms. The van der Waals surface area contributed by atoms with Gasteiger partial charge in [-0.3, -0.25) is 0 Å². The van der Waals surface area contributed by atoms with Crippen molar-refractivity contribution in [2.75, 3.05) is 11.9 Å². The number of esters is 1. The first-order valence-corrected chi connectivity index (χ1v) is 7.43. The number of hydrogen-bond donors (Lipinski definition) is 1. The summed E-state index contributed by atoms with van der Waals surface area (Å²) in [4.78, 5) is 15.8. The highest BCUT2D eigenvalue weighted by Gasteiger charge is 2.16. The molecular weight excluding hydrogens is 328 g/mol. The van der Waals surface area contributed by atoms with E-state index in [0.29, 0.717) is 17.3 Å². The lowest BCUT2D eigenvalue weighted by atomic mass is 10.2. The lowest BCUT2D eigenvalue weighted by Crippen LogP contribution is -2.07. The Balaban J connectivity index is 2.24. The van der Waals surface area contributed by atoms with Gasteiger partial charge < -0.3 is 10.1 Å². The summed E-state index contributed by atoms with van der Waals surface area (Å²) in [6.07, 6.45) is 0. The second kappa shape index (κ2) is 6.16. The monoisotopic (exact) mass is 340 g/mol. The zero-order valence-corrected chi connectivity index (χ0v) is 13.0. The van der Waals surface area contributed by atoms with Crippen molar-refractivity contribution >= 4 is 43.9 Å². The minimum atomic E-state index is -0.408. The summed E-state index contributed by atoms with van der Waals surface area (Å²) in [5, 5.41) is 3.88. The number of halogens is 1. The molecule has 0 saturated heterocycles. The lowest BCUT2D eigenvalue weighted by molar-refractivity contribution is 0.0521. The van der Waals surface area contributed by atoms with Gasteiger partial charge in [0.2, 0.25) is 0 Å². The minimum absolute atomic E-state index is 0.319. The smallest absolute Gasteiger partial charge is 0.360 e. The number of aryl methyl sites for hydroxylation is 1. The van der Waals surface area contributed by atoms with E-state index in [2.05, 4.69) is 26.2 Å². The number of ether oxygens (including phenoxy) is 1. The number of carbonyl (C=O) groups excluding carboxylic acids is 1. The maximum atomic E-state index is 11.7. The Morgan fingerprint density at radius 1 is 1.53 bits per heavy atom. The van der Waals surface area contributed by atoms with Gasteiger partial charge in [-0.1, -0.05) is 6.07 Å². The number of thiazole rings is 1. The van der Waals surface area contributed by atoms with E-state index < -0.39 is 5.97 Å². The molecule has 6 heteroatoms. The van der Waals surface area contributed by atoms with Gasteiger partial charge in [0.25, 0.3) is 0 Å². The summed E-state index contributed by atoms with van der Waals surface area (Å²) in [7, 11) is 0. The van der Waals surface area contributed by atoms with E-state index >= 15 is 0 Å². The predicted molar refractivity (Wildman–Crippen MR) is 80.2 cm³/mol. The van der Waals surface area contributed by atoms with E-state index in [1.54, 1.807) is 12.4 Å². The first-order valence-electron chi connectivity index (χ1n) is 5.75. The summed E-state index contributed by atoms with van der Waals surface area (Å²) in [5.74, 6) is -0.408. The van der Waals surface area contributed by atoms with Crippen molar-refractivity contribution in [1.82, 2.24) is 4.98 Å². The van der Waals surface area contributed by atoms with Gasteiger partial charge in [0, 0.05) is 4.47 Å². The number of rotatable bonds is 4.